The smallest absolute Gasteiger partial charge is 0.0741 e. The minimum atomic E-state index is -0.229. The van der Waals surface area contributed by atoms with Crippen LogP contribution in [0.5, 0.6) is 0 Å². The van der Waals surface area contributed by atoms with E-state index >= 15 is 0 Å². The molecule has 0 radical (unpaired) electrons. The van der Waals surface area contributed by atoms with Crippen LogP contribution in [0.3, 0.4) is 0 Å². The molecule has 104 valence electrons. The second-order valence-corrected chi connectivity index (χ2v) is 5.51. The molecule has 0 saturated heterocycles. The fourth-order valence-electron chi connectivity index (χ4n) is 2.96. The van der Waals surface area contributed by atoms with E-state index < -0.39 is 0 Å². The van der Waals surface area contributed by atoms with Crippen molar-refractivity contribution in [2.75, 3.05) is 5.32 Å². The van der Waals surface area contributed by atoms with Crippen LogP contribution in [-0.2, 0) is 0 Å². The number of rotatable bonds is 3. The summed E-state index contributed by atoms with van der Waals surface area (Å²) < 4.78 is 0. The number of nitrogens with one attached hydrogen (secondary N) is 1. The molecule has 2 aromatic carbocycles. The Morgan fingerprint density at radius 1 is 0.850 bits per heavy atom. The molecule has 20 heavy (non-hydrogen) atoms. The van der Waals surface area contributed by atoms with Gasteiger partial charge < -0.3 is 10.4 Å². The van der Waals surface area contributed by atoms with Crippen LogP contribution in [0.4, 0.5) is 5.69 Å². The number of benzene rings is 2. The molecule has 0 aromatic heterocycles. The van der Waals surface area contributed by atoms with Crippen LogP contribution in [0.25, 0.3) is 11.1 Å². The molecule has 0 spiro atoms. The third-order valence-electron chi connectivity index (χ3n) is 4.08. The minimum Gasteiger partial charge on any atom is -0.391 e. The average molecular weight is 267 g/mol. The lowest BCUT2D eigenvalue weighted by Gasteiger charge is -2.30. The van der Waals surface area contributed by atoms with Crippen LogP contribution in [0, 0.1) is 0 Å². The zero-order valence-electron chi connectivity index (χ0n) is 11.6. The van der Waals surface area contributed by atoms with E-state index in [1.54, 1.807) is 0 Å². The van der Waals surface area contributed by atoms with Gasteiger partial charge in [-0.1, -0.05) is 61.4 Å². The SMILES string of the molecule is O[C@H]1CCCC[C@@H]1Nc1ccccc1-c1ccccc1. The molecule has 1 saturated carbocycles. The van der Waals surface area contributed by atoms with Crippen LogP contribution >= 0.6 is 0 Å². The monoisotopic (exact) mass is 267 g/mol. The van der Waals surface area contributed by atoms with Gasteiger partial charge in [-0.3, -0.25) is 0 Å². The molecule has 0 aliphatic heterocycles. The Hall–Kier alpha value is -1.80. The number of aliphatic hydroxyl groups excluding tert-OH is 1. The molecule has 2 atom stereocenters. The Morgan fingerprint density at radius 3 is 2.35 bits per heavy atom. The van der Waals surface area contributed by atoms with E-state index in [4.69, 9.17) is 0 Å². The van der Waals surface area contributed by atoms with Crippen molar-refractivity contribution in [2.24, 2.45) is 0 Å². The van der Waals surface area contributed by atoms with Crippen molar-refractivity contribution in [1.82, 2.24) is 0 Å². The van der Waals surface area contributed by atoms with Crippen molar-refractivity contribution in [1.29, 1.82) is 0 Å². The largest absolute Gasteiger partial charge is 0.391 e. The summed E-state index contributed by atoms with van der Waals surface area (Å²) in [6, 6.07) is 18.9. The Balaban J connectivity index is 1.86. The van der Waals surface area contributed by atoms with Crippen LogP contribution in [0.15, 0.2) is 54.6 Å². The van der Waals surface area contributed by atoms with Gasteiger partial charge in [0, 0.05) is 11.3 Å². The summed E-state index contributed by atoms with van der Waals surface area (Å²) in [6.45, 7) is 0. The number of hydrogen-bond donors (Lipinski definition) is 2. The molecule has 2 aromatic rings. The lowest BCUT2D eigenvalue weighted by molar-refractivity contribution is 0.116. The van der Waals surface area contributed by atoms with Crippen LogP contribution in [-0.4, -0.2) is 17.3 Å². The second kappa shape index (κ2) is 6.10. The molecule has 2 nitrogen and oxygen atoms in total. The van der Waals surface area contributed by atoms with Gasteiger partial charge in [0.2, 0.25) is 0 Å². The van der Waals surface area contributed by atoms with E-state index in [0.29, 0.717) is 0 Å². The van der Waals surface area contributed by atoms with Gasteiger partial charge in [-0.15, -0.1) is 0 Å². The van der Waals surface area contributed by atoms with Gasteiger partial charge in [0.05, 0.1) is 12.1 Å². The summed E-state index contributed by atoms with van der Waals surface area (Å²) in [5.74, 6) is 0. The van der Waals surface area contributed by atoms with Gasteiger partial charge >= 0.3 is 0 Å². The Morgan fingerprint density at radius 2 is 1.55 bits per heavy atom. The summed E-state index contributed by atoms with van der Waals surface area (Å²) in [4.78, 5) is 0. The van der Waals surface area contributed by atoms with Gasteiger partial charge in [0.1, 0.15) is 0 Å². The molecule has 1 aliphatic carbocycles. The first-order valence-corrected chi connectivity index (χ1v) is 7.43. The minimum absolute atomic E-state index is 0.175. The highest BCUT2D eigenvalue weighted by Crippen LogP contribution is 2.30. The first kappa shape index (κ1) is 13.2. The first-order valence-electron chi connectivity index (χ1n) is 7.43. The quantitative estimate of drug-likeness (QED) is 0.878. The highest BCUT2D eigenvalue weighted by molar-refractivity contribution is 5.77. The van der Waals surface area contributed by atoms with E-state index in [0.717, 1.165) is 24.9 Å². The maximum Gasteiger partial charge on any atom is 0.0741 e. The number of aliphatic hydroxyl groups is 1. The van der Waals surface area contributed by atoms with Gasteiger partial charge in [-0.2, -0.15) is 0 Å². The molecule has 1 aliphatic rings. The molecule has 0 unspecified atom stereocenters. The van der Waals surface area contributed by atoms with Crippen molar-refractivity contribution in [3.05, 3.63) is 54.6 Å². The second-order valence-electron chi connectivity index (χ2n) is 5.51. The van der Waals surface area contributed by atoms with Gasteiger partial charge in [-0.05, 0) is 24.5 Å². The molecule has 2 heteroatoms. The molecule has 3 rings (SSSR count). The van der Waals surface area contributed by atoms with E-state index in [1.807, 2.05) is 12.1 Å². The zero-order chi connectivity index (χ0) is 13.8. The molecular weight excluding hydrogens is 246 g/mol. The highest BCUT2D eigenvalue weighted by Gasteiger charge is 2.23. The van der Waals surface area contributed by atoms with E-state index in [2.05, 4.69) is 47.8 Å². The fraction of sp³-hybridized carbons (Fsp3) is 0.333. The molecule has 1 fully saturated rings. The van der Waals surface area contributed by atoms with Gasteiger partial charge in [0.25, 0.3) is 0 Å². The van der Waals surface area contributed by atoms with Crippen molar-refractivity contribution < 1.29 is 5.11 Å². The third-order valence-corrected chi connectivity index (χ3v) is 4.08. The molecular formula is C18H21NO. The third kappa shape index (κ3) is 2.86. The van der Waals surface area contributed by atoms with E-state index in [-0.39, 0.29) is 12.1 Å². The maximum atomic E-state index is 10.1. The Labute approximate surface area is 120 Å². The van der Waals surface area contributed by atoms with E-state index in [9.17, 15) is 5.11 Å². The fourth-order valence-corrected chi connectivity index (χ4v) is 2.96. The van der Waals surface area contributed by atoms with Crippen molar-refractivity contribution in [2.45, 2.75) is 37.8 Å². The predicted octanol–water partition coefficient (Wildman–Crippen LogP) is 4.07. The van der Waals surface area contributed by atoms with Crippen molar-refractivity contribution in [3.8, 4) is 11.1 Å². The molecule has 0 amide bonds. The molecule has 2 N–H and O–H groups in total. The lowest BCUT2D eigenvalue weighted by Crippen LogP contribution is -2.36. The zero-order valence-corrected chi connectivity index (χ0v) is 11.6. The summed E-state index contributed by atoms with van der Waals surface area (Å²) in [6.07, 6.45) is 4.06. The number of para-hydroxylation sites is 1. The maximum absolute atomic E-state index is 10.1. The summed E-state index contributed by atoms with van der Waals surface area (Å²) in [5, 5.41) is 13.7. The summed E-state index contributed by atoms with van der Waals surface area (Å²) >= 11 is 0. The van der Waals surface area contributed by atoms with Crippen LogP contribution in [0.2, 0.25) is 0 Å². The Kier molecular flexibility index (Phi) is 4.03. The standard InChI is InChI=1S/C18H21NO/c20-18-13-7-6-12-17(18)19-16-11-5-4-10-15(16)14-8-2-1-3-9-14/h1-5,8-11,17-20H,6-7,12-13H2/t17-,18-/m0/s1. The molecule has 0 heterocycles. The summed E-state index contributed by atoms with van der Waals surface area (Å²) in [5.41, 5.74) is 3.52. The Bertz CT molecular complexity index is 552. The van der Waals surface area contributed by atoms with Gasteiger partial charge in [-0.25, -0.2) is 0 Å². The van der Waals surface area contributed by atoms with Crippen molar-refractivity contribution in [3.63, 3.8) is 0 Å². The first-order chi connectivity index (χ1) is 9.84. The topological polar surface area (TPSA) is 32.3 Å². The number of hydrogen-bond acceptors (Lipinski definition) is 2. The van der Waals surface area contributed by atoms with Crippen LogP contribution in [0.1, 0.15) is 25.7 Å². The normalized spacial score (nSPS) is 22.4. The van der Waals surface area contributed by atoms with Crippen LogP contribution < -0.4 is 5.32 Å². The average Bonchev–Trinajstić information content (AvgIpc) is 2.51. The number of anilines is 1. The highest BCUT2D eigenvalue weighted by atomic mass is 16.3. The summed E-state index contributed by atoms with van der Waals surface area (Å²) in [7, 11) is 0. The lowest BCUT2D eigenvalue weighted by atomic mass is 9.92. The van der Waals surface area contributed by atoms with Crippen molar-refractivity contribution >= 4 is 5.69 Å². The van der Waals surface area contributed by atoms with E-state index in [1.165, 1.54) is 17.5 Å². The van der Waals surface area contributed by atoms with Gasteiger partial charge in [0.15, 0.2) is 0 Å². The molecule has 0 bridgehead atoms. The predicted molar refractivity (Wildman–Crippen MR) is 83.8 cm³/mol.